The number of nitrogen functional groups attached to an aromatic ring is 1. The van der Waals surface area contributed by atoms with E-state index in [4.69, 9.17) is 11.1 Å². The minimum atomic E-state index is 0.0379. The average Bonchev–Trinajstić information content (AvgIpc) is 2.38. The molecule has 0 aromatic carbocycles. The fourth-order valence-corrected chi connectivity index (χ4v) is 2.42. The van der Waals surface area contributed by atoms with Crippen LogP contribution in [0.25, 0.3) is 0 Å². The number of likely N-dealkylation sites (tertiary alicyclic amines) is 1. The van der Waals surface area contributed by atoms with Crippen LogP contribution in [0.4, 0.5) is 5.82 Å². The van der Waals surface area contributed by atoms with Crippen molar-refractivity contribution in [2.24, 2.45) is 5.73 Å². The highest BCUT2D eigenvalue weighted by Crippen LogP contribution is 2.21. The molecule has 1 aromatic rings. The van der Waals surface area contributed by atoms with Crippen molar-refractivity contribution in [2.45, 2.75) is 18.9 Å². The molecular weight excluding hydrogens is 228 g/mol. The Morgan fingerprint density at radius 3 is 3.06 bits per heavy atom. The Morgan fingerprint density at radius 1 is 1.61 bits per heavy atom. The second-order valence-electron chi connectivity index (χ2n) is 4.85. The summed E-state index contributed by atoms with van der Waals surface area (Å²) in [7, 11) is 4.13. The van der Waals surface area contributed by atoms with Crippen LogP contribution in [-0.2, 0) is 0 Å². The molecule has 1 aliphatic rings. The van der Waals surface area contributed by atoms with Gasteiger partial charge in [0.15, 0.2) is 5.82 Å². The summed E-state index contributed by atoms with van der Waals surface area (Å²) < 4.78 is 0. The lowest BCUT2D eigenvalue weighted by atomic mass is 10.0. The summed E-state index contributed by atoms with van der Waals surface area (Å²) in [6.07, 6.45) is 3.89. The number of hydrogen-bond donors (Lipinski definition) is 2. The van der Waals surface area contributed by atoms with Gasteiger partial charge in [0.25, 0.3) is 0 Å². The number of nitrogens with one attached hydrogen (secondary N) is 1. The van der Waals surface area contributed by atoms with E-state index in [1.165, 1.54) is 6.42 Å². The monoisotopic (exact) mass is 248 g/mol. The molecule has 1 aliphatic heterocycles. The lowest BCUT2D eigenvalue weighted by Gasteiger charge is -2.36. The van der Waals surface area contributed by atoms with Crippen molar-refractivity contribution < 1.29 is 0 Å². The summed E-state index contributed by atoms with van der Waals surface area (Å²) in [5.41, 5.74) is 6.24. The minimum absolute atomic E-state index is 0.0379. The number of nitrogens with zero attached hydrogens (tertiary/aromatic N) is 4. The first-order chi connectivity index (χ1) is 8.59. The summed E-state index contributed by atoms with van der Waals surface area (Å²) in [5.74, 6) is 0.737. The number of nitrogens with two attached hydrogens (primary N) is 1. The molecule has 1 atom stereocenters. The topological polar surface area (TPSA) is 82.1 Å². The number of rotatable bonds is 3. The molecule has 0 amide bonds. The summed E-state index contributed by atoms with van der Waals surface area (Å²) in [4.78, 5) is 4.41. The molecule has 98 valence electrons. The summed E-state index contributed by atoms with van der Waals surface area (Å²) in [6.45, 7) is 2.15. The molecular formula is C12H20N6. The summed E-state index contributed by atoms with van der Waals surface area (Å²) in [6, 6.07) is 2.15. The molecule has 1 aromatic heterocycles. The van der Waals surface area contributed by atoms with Gasteiger partial charge in [-0.05, 0) is 32.5 Å². The van der Waals surface area contributed by atoms with E-state index in [0.717, 1.165) is 19.5 Å². The van der Waals surface area contributed by atoms with Gasteiger partial charge in [-0.15, -0.1) is 5.10 Å². The van der Waals surface area contributed by atoms with E-state index in [0.29, 0.717) is 17.4 Å². The molecule has 0 saturated carbocycles. The predicted octanol–water partition coefficient (Wildman–Crippen LogP) is 0.291. The van der Waals surface area contributed by atoms with Crippen LogP contribution < -0.4 is 10.6 Å². The Labute approximate surface area is 107 Å². The lowest BCUT2D eigenvalue weighted by molar-refractivity contribution is 0.247. The van der Waals surface area contributed by atoms with Crippen LogP contribution in [0.3, 0.4) is 0 Å². The van der Waals surface area contributed by atoms with Gasteiger partial charge in [0.2, 0.25) is 0 Å². The van der Waals surface area contributed by atoms with E-state index in [-0.39, 0.29) is 5.84 Å². The Balaban J connectivity index is 2.22. The average molecular weight is 248 g/mol. The smallest absolute Gasteiger partial charge is 0.162 e. The number of hydrogen-bond acceptors (Lipinski definition) is 5. The van der Waals surface area contributed by atoms with Gasteiger partial charge in [-0.25, -0.2) is 0 Å². The molecule has 2 rings (SSSR count). The maximum Gasteiger partial charge on any atom is 0.162 e. The molecule has 1 saturated heterocycles. The molecule has 0 spiro atoms. The van der Waals surface area contributed by atoms with Crippen LogP contribution in [0.15, 0.2) is 12.3 Å². The first-order valence-corrected chi connectivity index (χ1v) is 6.17. The number of amidine groups is 1. The molecule has 1 unspecified atom stereocenters. The molecule has 0 radical (unpaired) electrons. The van der Waals surface area contributed by atoms with Gasteiger partial charge < -0.3 is 15.5 Å². The Kier molecular flexibility index (Phi) is 3.76. The Bertz CT molecular complexity index is 432. The maximum absolute atomic E-state index is 7.60. The number of likely N-dealkylation sites (N-methyl/N-ethyl adjacent to an activating group) is 2. The highest BCUT2D eigenvalue weighted by Gasteiger charge is 2.24. The number of anilines is 1. The zero-order valence-electron chi connectivity index (χ0n) is 10.9. The van der Waals surface area contributed by atoms with Crippen molar-refractivity contribution in [2.75, 3.05) is 32.1 Å². The van der Waals surface area contributed by atoms with Crippen LogP contribution in [-0.4, -0.2) is 54.2 Å². The molecule has 2 heterocycles. The van der Waals surface area contributed by atoms with E-state index in [2.05, 4.69) is 27.0 Å². The third kappa shape index (κ3) is 2.59. The fraction of sp³-hybridized carbons (Fsp3) is 0.583. The van der Waals surface area contributed by atoms with Gasteiger partial charge in [-0.1, -0.05) is 0 Å². The van der Waals surface area contributed by atoms with Gasteiger partial charge in [0.1, 0.15) is 5.84 Å². The normalized spacial score (nSPS) is 20.7. The largest absolute Gasteiger partial charge is 0.384 e. The summed E-state index contributed by atoms with van der Waals surface area (Å²) in [5, 5.41) is 15.6. The molecule has 0 aliphatic carbocycles. The van der Waals surface area contributed by atoms with Gasteiger partial charge in [-0.3, -0.25) is 5.41 Å². The molecule has 3 N–H and O–H groups in total. The molecule has 6 heteroatoms. The quantitative estimate of drug-likeness (QED) is 0.593. The number of aromatic nitrogens is 2. The maximum atomic E-state index is 7.60. The van der Waals surface area contributed by atoms with Crippen molar-refractivity contribution >= 4 is 11.7 Å². The van der Waals surface area contributed by atoms with E-state index >= 15 is 0 Å². The van der Waals surface area contributed by atoms with Crippen LogP contribution in [0, 0.1) is 5.41 Å². The first-order valence-electron chi connectivity index (χ1n) is 6.17. The Hall–Kier alpha value is -1.69. The fourth-order valence-electron chi connectivity index (χ4n) is 2.42. The Morgan fingerprint density at radius 2 is 2.39 bits per heavy atom. The van der Waals surface area contributed by atoms with E-state index in [9.17, 15) is 0 Å². The van der Waals surface area contributed by atoms with Gasteiger partial charge in [-0.2, -0.15) is 5.10 Å². The van der Waals surface area contributed by atoms with Crippen LogP contribution in [0.1, 0.15) is 18.4 Å². The van der Waals surface area contributed by atoms with Gasteiger partial charge >= 0.3 is 0 Å². The SMILES string of the molecule is CN1CCCC(N(C)c2nnccc2C(=N)N)C1. The van der Waals surface area contributed by atoms with E-state index < -0.39 is 0 Å². The molecule has 6 nitrogen and oxygen atoms in total. The van der Waals surface area contributed by atoms with Crippen molar-refractivity contribution in [3.8, 4) is 0 Å². The van der Waals surface area contributed by atoms with E-state index in [1.54, 1.807) is 12.3 Å². The van der Waals surface area contributed by atoms with E-state index in [1.807, 2.05) is 7.05 Å². The van der Waals surface area contributed by atoms with Crippen LogP contribution in [0.2, 0.25) is 0 Å². The zero-order chi connectivity index (χ0) is 13.1. The minimum Gasteiger partial charge on any atom is -0.384 e. The lowest BCUT2D eigenvalue weighted by Crippen LogP contribution is -2.46. The third-order valence-corrected chi connectivity index (χ3v) is 3.47. The number of piperidine rings is 1. The first kappa shape index (κ1) is 12.8. The third-order valence-electron chi connectivity index (χ3n) is 3.47. The van der Waals surface area contributed by atoms with Crippen LogP contribution in [0.5, 0.6) is 0 Å². The standard InChI is InChI=1S/C12H20N6/c1-17-7-3-4-9(8-17)18(2)12-10(11(13)14)5-6-15-16-12/h5-6,9H,3-4,7-8H2,1-2H3,(H3,13,14). The molecule has 1 fully saturated rings. The molecule has 18 heavy (non-hydrogen) atoms. The second-order valence-corrected chi connectivity index (χ2v) is 4.85. The van der Waals surface area contributed by atoms with Crippen molar-refractivity contribution in [1.82, 2.24) is 15.1 Å². The highest BCUT2D eigenvalue weighted by atomic mass is 15.3. The van der Waals surface area contributed by atoms with Crippen LogP contribution >= 0.6 is 0 Å². The highest BCUT2D eigenvalue weighted by molar-refractivity contribution is 5.99. The second kappa shape index (κ2) is 5.30. The predicted molar refractivity (Wildman–Crippen MR) is 72.0 cm³/mol. The zero-order valence-corrected chi connectivity index (χ0v) is 10.9. The van der Waals surface area contributed by atoms with Crippen molar-refractivity contribution in [1.29, 1.82) is 5.41 Å². The summed E-state index contributed by atoms with van der Waals surface area (Å²) >= 11 is 0. The van der Waals surface area contributed by atoms with Crippen molar-refractivity contribution in [3.05, 3.63) is 17.8 Å². The van der Waals surface area contributed by atoms with Gasteiger partial charge in [0.05, 0.1) is 11.8 Å². The molecule has 0 bridgehead atoms. The van der Waals surface area contributed by atoms with Crippen molar-refractivity contribution in [3.63, 3.8) is 0 Å². The van der Waals surface area contributed by atoms with Gasteiger partial charge in [0, 0.05) is 19.6 Å².